The molecule has 0 saturated carbocycles. The summed E-state index contributed by atoms with van der Waals surface area (Å²) < 4.78 is 4.94. The third-order valence-corrected chi connectivity index (χ3v) is 3.31. The largest absolute Gasteiger partial charge is 0.362 e. The van der Waals surface area contributed by atoms with Gasteiger partial charge in [-0.2, -0.15) is 0 Å². The van der Waals surface area contributed by atoms with Crippen LogP contribution in [0.1, 0.15) is 11.1 Å². The van der Waals surface area contributed by atoms with Crippen LogP contribution in [0.25, 0.3) is 0 Å². The Bertz CT molecular complexity index is 497. The van der Waals surface area contributed by atoms with Crippen LogP contribution in [-0.4, -0.2) is 31.6 Å². The fraction of sp³-hybridized carbons (Fsp3) is 0.385. The van der Waals surface area contributed by atoms with Gasteiger partial charge in [-0.25, -0.2) is 4.90 Å². The lowest BCUT2D eigenvalue weighted by Crippen LogP contribution is -2.47. The van der Waals surface area contributed by atoms with Crippen molar-refractivity contribution < 1.29 is 14.3 Å². The minimum absolute atomic E-state index is 0.0202. The molecular weight excluding hydrogens is 232 g/mol. The van der Waals surface area contributed by atoms with Gasteiger partial charge in [-0.15, -0.1) is 0 Å². The van der Waals surface area contributed by atoms with Gasteiger partial charge in [0.15, 0.2) is 0 Å². The van der Waals surface area contributed by atoms with E-state index >= 15 is 0 Å². The first-order valence-corrected chi connectivity index (χ1v) is 6.02. The minimum atomic E-state index is -0.279. The second-order valence-electron chi connectivity index (χ2n) is 4.46. The predicted octanol–water partition coefficient (Wildman–Crippen LogP) is 0.222. The topological polar surface area (TPSA) is 58.6 Å². The molecule has 0 radical (unpaired) electrons. The fourth-order valence-corrected chi connectivity index (χ4v) is 2.48. The molecule has 0 aliphatic carbocycles. The molecule has 0 atom stereocenters. The Hall–Kier alpha value is -1.72. The van der Waals surface area contributed by atoms with E-state index in [1.54, 1.807) is 0 Å². The number of nitrogens with zero attached hydrogens (tertiary/aromatic N) is 1. The number of hydrogen-bond acceptors (Lipinski definition) is 4. The molecule has 0 spiro atoms. The van der Waals surface area contributed by atoms with Crippen molar-refractivity contribution in [3.63, 3.8) is 0 Å². The molecule has 1 saturated heterocycles. The maximum absolute atomic E-state index is 11.9. The summed E-state index contributed by atoms with van der Waals surface area (Å²) in [5.74, 6) is -0.559. The van der Waals surface area contributed by atoms with Crippen LogP contribution in [0, 0.1) is 0 Å². The van der Waals surface area contributed by atoms with Crippen LogP contribution < -0.4 is 10.2 Å². The number of amides is 2. The Morgan fingerprint density at radius 2 is 1.94 bits per heavy atom. The van der Waals surface area contributed by atoms with Gasteiger partial charge in [0.05, 0.1) is 5.69 Å². The standard InChI is InChI=1S/C13H14N2O3/c16-12-7-18-8-13(17)15(12)11-3-1-2-9-6-14-5-4-10(9)11/h1-3,14H,4-8H2. The van der Waals surface area contributed by atoms with Crippen molar-refractivity contribution in [1.82, 2.24) is 5.32 Å². The summed E-state index contributed by atoms with van der Waals surface area (Å²) in [4.78, 5) is 25.0. The van der Waals surface area contributed by atoms with Crippen molar-refractivity contribution >= 4 is 17.5 Å². The second kappa shape index (κ2) is 4.51. The molecule has 1 aromatic carbocycles. The second-order valence-corrected chi connectivity index (χ2v) is 4.46. The molecule has 3 rings (SSSR count). The lowest BCUT2D eigenvalue weighted by atomic mass is 9.98. The summed E-state index contributed by atoms with van der Waals surface area (Å²) in [6.45, 7) is 1.62. The summed E-state index contributed by atoms with van der Waals surface area (Å²) in [5.41, 5.74) is 2.98. The van der Waals surface area contributed by atoms with E-state index in [1.165, 1.54) is 4.90 Å². The molecule has 5 nitrogen and oxygen atoms in total. The third-order valence-electron chi connectivity index (χ3n) is 3.31. The zero-order chi connectivity index (χ0) is 12.5. The summed E-state index contributed by atoms with van der Waals surface area (Å²) in [7, 11) is 0. The number of carbonyl (C=O) groups is 2. The van der Waals surface area contributed by atoms with Gasteiger partial charge in [-0.1, -0.05) is 12.1 Å². The van der Waals surface area contributed by atoms with Crippen LogP contribution in [0.15, 0.2) is 18.2 Å². The molecule has 0 aromatic heterocycles. The van der Waals surface area contributed by atoms with E-state index in [4.69, 9.17) is 4.74 Å². The highest BCUT2D eigenvalue weighted by Crippen LogP contribution is 2.27. The number of carbonyl (C=O) groups excluding carboxylic acids is 2. The van der Waals surface area contributed by atoms with E-state index in [0.717, 1.165) is 36.3 Å². The Labute approximate surface area is 105 Å². The molecule has 2 aliphatic rings. The summed E-state index contributed by atoms with van der Waals surface area (Å²) >= 11 is 0. The van der Waals surface area contributed by atoms with Crippen LogP contribution in [0.4, 0.5) is 5.69 Å². The molecule has 0 bridgehead atoms. The normalized spacial score (nSPS) is 19.9. The quantitative estimate of drug-likeness (QED) is 0.720. The van der Waals surface area contributed by atoms with E-state index in [1.807, 2.05) is 18.2 Å². The number of rotatable bonds is 1. The van der Waals surface area contributed by atoms with Gasteiger partial charge in [0.25, 0.3) is 11.8 Å². The number of anilines is 1. The lowest BCUT2D eigenvalue weighted by Gasteiger charge is -2.29. The number of nitrogens with one attached hydrogen (secondary N) is 1. The molecular formula is C13H14N2O3. The molecule has 18 heavy (non-hydrogen) atoms. The first kappa shape index (κ1) is 11.4. The van der Waals surface area contributed by atoms with Crippen molar-refractivity contribution in [2.45, 2.75) is 13.0 Å². The molecule has 2 aliphatic heterocycles. The van der Waals surface area contributed by atoms with E-state index in [-0.39, 0.29) is 25.0 Å². The van der Waals surface area contributed by atoms with Gasteiger partial charge in [0, 0.05) is 6.54 Å². The van der Waals surface area contributed by atoms with Crippen LogP contribution in [-0.2, 0) is 27.3 Å². The minimum Gasteiger partial charge on any atom is -0.362 e. The summed E-state index contributed by atoms with van der Waals surface area (Å²) in [5, 5.41) is 3.28. The maximum Gasteiger partial charge on any atom is 0.259 e. The van der Waals surface area contributed by atoms with E-state index in [9.17, 15) is 9.59 Å². The highest BCUT2D eigenvalue weighted by Gasteiger charge is 2.30. The molecule has 1 fully saturated rings. The van der Waals surface area contributed by atoms with Gasteiger partial charge in [-0.3, -0.25) is 9.59 Å². The van der Waals surface area contributed by atoms with Gasteiger partial charge >= 0.3 is 0 Å². The molecule has 5 heteroatoms. The Kier molecular flexibility index (Phi) is 2.85. The predicted molar refractivity (Wildman–Crippen MR) is 65.2 cm³/mol. The van der Waals surface area contributed by atoms with Crippen molar-refractivity contribution in [1.29, 1.82) is 0 Å². The van der Waals surface area contributed by atoms with Crippen molar-refractivity contribution in [3.8, 4) is 0 Å². The molecule has 2 heterocycles. The van der Waals surface area contributed by atoms with Gasteiger partial charge in [0.2, 0.25) is 0 Å². The average Bonchev–Trinajstić information content (AvgIpc) is 2.39. The number of hydrogen-bond donors (Lipinski definition) is 1. The fourth-order valence-electron chi connectivity index (χ4n) is 2.48. The number of benzene rings is 1. The number of ether oxygens (including phenoxy) is 1. The SMILES string of the molecule is O=C1COCC(=O)N1c1cccc2c1CCNC2. The van der Waals surface area contributed by atoms with Crippen molar-refractivity contribution in [3.05, 3.63) is 29.3 Å². The third kappa shape index (κ3) is 1.81. The van der Waals surface area contributed by atoms with Gasteiger partial charge in [-0.05, 0) is 30.2 Å². The smallest absolute Gasteiger partial charge is 0.259 e. The van der Waals surface area contributed by atoms with Crippen molar-refractivity contribution in [2.24, 2.45) is 0 Å². The Balaban J connectivity index is 2.05. The zero-order valence-electron chi connectivity index (χ0n) is 9.94. The highest BCUT2D eigenvalue weighted by atomic mass is 16.5. The zero-order valence-corrected chi connectivity index (χ0v) is 9.94. The van der Waals surface area contributed by atoms with Gasteiger partial charge in [0.1, 0.15) is 13.2 Å². The molecule has 2 amide bonds. The molecule has 1 aromatic rings. The van der Waals surface area contributed by atoms with Crippen LogP contribution in [0.3, 0.4) is 0 Å². The van der Waals surface area contributed by atoms with Gasteiger partial charge < -0.3 is 10.1 Å². The monoisotopic (exact) mass is 246 g/mol. The van der Waals surface area contributed by atoms with E-state index in [2.05, 4.69) is 5.32 Å². The number of fused-ring (bicyclic) bond motifs is 1. The Morgan fingerprint density at radius 1 is 1.17 bits per heavy atom. The first-order valence-electron chi connectivity index (χ1n) is 6.02. The van der Waals surface area contributed by atoms with Crippen LogP contribution >= 0.6 is 0 Å². The van der Waals surface area contributed by atoms with Crippen molar-refractivity contribution in [2.75, 3.05) is 24.7 Å². The van der Waals surface area contributed by atoms with E-state index in [0.29, 0.717) is 0 Å². The summed E-state index contributed by atoms with van der Waals surface area (Å²) in [6, 6.07) is 5.75. The van der Waals surface area contributed by atoms with Crippen LogP contribution in [0.5, 0.6) is 0 Å². The first-order chi connectivity index (χ1) is 8.77. The molecule has 1 N–H and O–H groups in total. The maximum atomic E-state index is 11.9. The molecule has 0 unspecified atom stereocenters. The van der Waals surface area contributed by atoms with E-state index < -0.39 is 0 Å². The lowest BCUT2D eigenvalue weighted by molar-refractivity contribution is -0.138. The highest BCUT2D eigenvalue weighted by molar-refractivity contribution is 6.17. The summed E-state index contributed by atoms with van der Waals surface area (Å²) in [6.07, 6.45) is 0.837. The Morgan fingerprint density at radius 3 is 2.72 bits per heavy atom. The molecule has 94 valence electrons. The van der Waals surface area contributed by atoms with Crippen LogP contribution in [0.2, 0.25) is 0 Å². The number of morpholine rings is 1. The number of imide groups is 1. The average molecular weight is 246 g/mol.